The first-order valence-corrected chi connectivity index (χ1v) is 6.99. The first kappa shape index (κ1) is 13.0. The molecule has 90 valence electrons. The fraction of sp³-hybridized carbons (Fsp3) is 0.800. The predicted octanol–water partition coefficient (Wildman–Crippen LogP) is 0.324. The Bertz CT molecular complexity index is 410. The molecule has 0 aliphatic carbocycles. The lowest BCUT2D eigenvalue weighted by atomic mass is 10.1. The second-order valence-electron chi connectivity index (χ2n) is 4.11. The van der Waals surface area contributed by atoms with Crippen molar-refractivity contribution >= 4 is 15.7 Å². The van der Waals surface area contributed by atoms with Crippen molar-refractivity contribution in [2.24, 2.45) is 0 Å². The van der Waals surface area contributed by atoms with Gasteiger partial charge < -0.3 is 4.90 Å². The summed E-state index contributed by atoms with van der Waals surface area (Å²) in [5.74, 6) is -0.369. The predicted molar refractivity (Wildman–Crippen MR) is 59.3 cm³/mol. The highest BCUT2D eigenvalue weighted by Gasteiger charge is 2.37. The van der Waals surface area contributed by atoms with Crippen LogP contribution in [0.4, 0.5) is 0 Å². The van der Waals surface area contributed by atoms with Crippen LogP contribution in [0.25, 0.3) is 0 Å². The molecule has 0 radical (unpaired) electrons. The third-order valence-electron chi connectivity index (χ3n) is 2.97. The normalized spacial score (nSPS) is 25.4. The van der Waals surface area contributed by atoms with Crippen molar-refractivity contribution in [1.82, 2.24) is 4.90 Å². The fourth-order valence-electron chi connectivity index (χ4n) is 1.74. The van der Waals surface area contributed by atoms with E-state index in [4.69, 9.17) is 5.26 Å². The molecular formula is C10H16N2O3S. The molecule has 0 bridgehead atoms. The van der Waals surface area contributed by atoms with Crippen LogP contribution >= 0.6 is 0 Å². The Hall–Kier alpha value is -1.09. The summed E-state index contributed by atoms with van der Waals surface area (Å²) >= 11 is 0. The summed E-state index contributed by atoms with van der Waals surface area (Å²) in [5.41, 5.74) is 0. The van der Waals surface area contributed by atoms with E-state index >= 15 is 0 Å². The molecule has 2 atom stereocenters. The number of rotatable bonds is 2. The van der Waals surface area contributed by atoms with Gasteiger partial charge in [0, 0.05) is 7.05 Å². The highest BCUT2D eigenvalue weighted by Crippen LogP contribution is 2.21. The summed E-state index contributed by atoms with van der Waals surface area (Å²) < 4.78 is 23.4. The topological polar surface area (TPSA) is 78.2 Å². The van der Waals surface area contributed by atoms with Crippen LogP contribution in [0.15, 0.2) is 0 Å². The lowest BCUT2D eigenvalue weighted by Gasteiger charge is -2.27. The minimum atomic E-state index is -3.31. The van der Waals surface area contributed by atoms with Crippen LogP contribution in [0.1, 0.15) is 26.2 Å². The summed E-state index contributed by atoms with van der Waals surface area (Å²) in [5, 5.41) is 7.75. The molecule has 0 aromatic carbocycles. The number of hydrogen-bond acceptors (Lipinski definition) is 4. The Morgan fingerprint density at radius 2 is 2.12 bits per heavy atom. The van der Waals surface area contributed by atoms with Crippen LogP contribution in [0.5, 0.6) is 0 Å². The van der Waals surface area contributed by atoms with Gasteiger partial charge in [-0.15, -0.1) is 0 Å². The number of nitrogens with zero attached hydrogens (tertiary/aromatic N) is 2. The molecule has 16 heavy (non-hydrogen) atoms. The van der Waals surface area contributed by atoms with Gasteiger partial charge in [-0.2, -0.15) is 5.26 Å². The van der Waals surface area contributed by atoms with Crippen LogP contribution in [0, 0.1) is 11.3 Å². The van der Waals surface area contributed by atoms with Gasteiger partial charge in [0.25, 0.3) is 0 Å². The van der Waals surface area contributed by atoms with Crippen LogP contribution in [-0.4, -0.2) is 43.3 Å². The summed E-state index contributed by atoms with van der Waals surface area (Å²) in [6.45, 7) is 1.58. The Balaban J connectivity index is 2.85. The number of amides is 1. The summed E-state index contributed by atoms with van der Waals surface area (Å²) in [6, 6.07) is 1.33. The minimum Gasteiger partial charge on any atom is -0.329 e. The fourth-order valence-corrected chi connectivity index (χ4v) is 3.63. The molecule has 1 saturated heterocycles. The second kappa shape index (κ2) is 4.83. The molecule has 1 rings (SSSR count). The molecule has 1 fully saturated rings. The molecule has 1 aliphatic rings. The maximum atomic E-state index is 11.9. The third-order valence-corrected chi connectivity index (χ3v) is 5.13. The van der Waals surface area contributed by atoms with E-state index in [2.05, 4.69) is 0 Å². The quantitative estimate of drug-likeness (QED) is 0.701. The first-order valence-electron chi connectivity index (χ1n) is 5.28. The van der Waals surface area contributed by atoms with Crippen molar-refractivity contribution in [2.75, 3.05) is 12.8 Å². The molecule has 1 heterocycles. The maximum Gasteiger partial charge on any atom is 0.241 e. The smallest absolute Gasteiger partial charge is 0.241 e. The third kappa shape index (κ3) is 2.53. The van der Waals surface area contributed by atoms with E-state index < -0.39 is 27.0 Å². The lowest BCUT2D eigenvalue weighted by Crippen LogP contribution is -2.46. The van der Waals surface area contributed by atoms with Gasteiger partial charge >= 0.3 is 0 Å². The van der Waals surface area contributed by atoms with Gasteiger partial charge in [-0.25, -0.2) is 8.42 Å². The average molecular weight is 244 g/mol. The van der Waals surface area contributed by atoms with Gasteiger partial charge in [0.15, 0.2) is 9.84 Å². The van der Waals surface area contributed by atoms with Crippen LogP contribution in [-0.2, 0) is 14.6 Å². The van der Waals surface area contributed by atoms with Gasteiger partial charge in [-0.05, 0) is 19.8 Å². The monoisotopic (exact) mass is 244 g/mol. The highest BCUT2D eigenvalue weighted by molar-refractivity contribution is 7.92. The molecule has 2 unspecified atom stereocenters. The number of nitriles is 1. The molecule has 5 nitrogen and oxygen atoms in total. The van der Waals surface area contributed by atoms with E-state index in [9.17, 15) is 13.2 Å². The lowest BCUT2D eigenvalue weighted by molar-refractivity contribution is -0.130. The highest BCUT2D eigenvalue weighted by atomic mass is 32.2. The maximum absolute atomic E-state index is 11.9. The van der Waals surface area contributed by atoms with E-state index in [0.29, 0.717) is 12.8 Å². The van der Waals surface area contributed by atoms with Gasteiger partial charge in [-0.1, -0.05) is 6.42 Å². The molecule has 6 heteroatoms. The summed E-state index contributed by atoms with van der Waals surface area (Å²) in [6.07, 6.45) is 1.76. The Morgan fingerprint density at radius 1 is 1.50 bits per heavy atom. The van der Waals surface area contributed by atoms with Crippen molar-refractivity contribution < 1.29 is 13.2 Å². The number of hydrogen-bond donors (Lipinski definition) is 0. The molecule has 0 spiro atoms. The molecule has 0 saturated carbocycles. The van der Waals surface area contributed by atoms with Gasteiger partial charge in [0.05, 0.1) is 11.8 Å². The van der Waals surface area contributed by atoms with E-state index in [1.807, 2.05) is 6.07 Å². The van der Waals surface area contributed by atoms with Crippen molar-refractivity contribution in [3.05, 3.63) is 0 Å². The molecular weight excluding hydrogens is 228 g/mol. The first-order chi connectivity index (χ1) is 7.40. The van der Waals surface area contributed by atoms with Crippen LogP contribution in [0.3, 0.4) is 0 Å². The van der Waals surface area contributed by atoms with Crippen molar-refractivity contribution in [3.63, 3.8) is 0 Å². The van der Waals surface area contributed by atoms with Crippen molar-refractivity contribution in [1.29, 1.82) is 5.26 Å². The van der Waals surface area contributed by atoms with E-state index in [1.54, 1.807) is 6.92 Å². The van der Waals surface area contributed by atoms with E-state index in [1.165, 1.54) is 11.9 Å². The largest absolute Gasteiger partial charge is 0.329 e. The standard InChI is InChI=1S/C10H16N2O3S/c1-8(7-11)12(2)10(13)9-5-3-4-6-16(9,14)15/h8-9H,3-6H2,1-2H3. The zero-order valence-corrected chi connectivity index (χ0v) is 10.3. The van der Waals surface area contributed by atoms with Crippen LogP contribution < -0.4 is 0 Å². The van der Waals surface area contributed by atoms with Crippen molar-refractivity contribution in [3.8, 4) is 6.07 Å². The summed E-state index contributed by atoms with van der Waals surface area (Å²) in [4.78, 5) is 13.1. The van der Waals surface area contributed by atoms with Crippen molar-refractivity contribution in [2.45, 2.75) is 37.5 Å². The SMILES string of the molecule is CC(C#N)N(C)C(=O)C1CCCCS1(=O)=O. The molecule has 0 aromatic rings. The van der Waals surface area contributed by atoms with Gasteiger partial charge in [-0.3, -0.25) is 4.79 Å². The van der Waals surface area contributed by atoms with E-state index in [-0.39, 0.29) is 5.75 Å². The zero-order valence-electron chi connectivity index (χ0n) is 9.51. The Labute approximate surface area is 96.0 Å². The molecule has 0 N–H and O–H groups in total. The van der Waals surface area contributed by atoms with Gasteiger partial charge in [0.1, 0.15) is 11.3 Å². The van der Waals surface area contributed by atoms with E-state index in [0.717, 1.165) is 6.42 Å². The number of sulfone groups is 1. The molecule has 0 aromatic heterocycles. The van der Waals surface area contributed by atoms with Crippen LogP contribution in [0.2, 0.25) is 0 Å². The van der Waals surface area contributed by atoms with Gasteiger partial charge in [0.2, 0.25) is 5.91 Å². The number of carbonyl (C=O) groups excluding carboxylic acids is 1. The minimum absolute atomic E-state index is 0.0815. The average Bonchev–Trinajstić information content (AvgIpc) is 2.25. The molecule has 1 aliphatic heterocycles. The Morgan fingerprint density at radius 3 is 2.62 bits per heavy atom. The number of carbonyl (C=O) groups is 1. The zero-order chi connectivity index (χ0) is 12.3. The molecule has 1 amide bonds. The summed E-state index contributed by atoms with van der Waals surface area (Å²) in [7, 11) is -1.84. The Kier molecular flexibility index (Phi) is 3.92. The second-order valence-corrected chi connectivity index (χ2v) is 6.41.